The molecule has 0 radical (unpaired) electrons. The van der Waals surface area contributed by atoms with Crippen molar-refractivity contribution in [2.24, 2.45) is 0 Å². The average Bonchev–Trinajstić information content (AvgIpc) is 2.64. The lowest BCUT2D eigenvalue weighted by atomic mass is 10.2. The van der Waals surface area contributed by atoms with Gasteiger partial charge in [-0.25, -0.2) is 4.98 Å². The highest BCUT2D eigenvalue weighted by Crippen LogP contribution is 2.04. The molecule has 1 aromatic rings. The molecule has 0 spiro atoms. The minimum atomic E-state index is -0.378. The molecule has 0 aliphatic carbocycles. The third kappa shape index (κ3) is 2.46. The van der Waals surface area contributed by atoms with Crippen molar-refractivity contribution in [3.8, 4) is 0 Å². The Kier molecular flexibility index (Phi) is 3.00. The van der Waals surface area contributed by atoms with Gasteiger partial charge in [0.2, 0.25) is 5.91 Å². The number of nitrogens with zero attached hydrogens (tertiary/aromatic N) is 2. The summed E-state index contributed by atoms with van der Waals surface area (Å²) in [7, 11) is 0. The van der Waals surface area contributed by atoms with Crippen LogP contribution in [0.5, 0.6) is 0 Å². The maximum absolute atomic E-state index is 11.6. The summed E-state index contributed by atoms with van der Waals surface area (Å²) in [6, 6.07) is -0.194. The molecular formula is C9H9ClN4O2. The van der Waals surface area contributed by atoms with Gasteiger partial charge in [0.1, 0.15) is 10.8 Å². The molecule has 6 nitrogen and oxygen atoms in total. The first kappa shape index (κ1) is 10.8. The summed E-state index contributed by atoms with van der Waals surface area (Å²) in [6.45, 7) is 0.443. The van der Waals surface area contributed by atoms with E-state index in [2.05, 4.69) is 20.6 Å². The predicted molar refractivity (Wildman–Crippen MR) is 55.9 cm³/mol. The van der Waals surface area contributed by atoms with Gasteiger partial charge in [0.15, 0.2) is 0 Å². The number of carbonyl (C=O) groups excluding carboxylic acids is 2. The molecule has 1 fully saturated rings. The SMILES string of the molecule is O=C1CC(NC(=O)c2cncc(Cl)n2)CN1. The maximum Gasteiger partial charge on any atom is 0.271 e. The van der Waals surface area contributed by atoms with Crippen molar-refractivity contribution in [1.29, 1.82) is 0 Å². The van der Waals surface area contributed by atoms with Gasteiger partial charge in [-0.05, 0) is 0 Å². The van der Waals surface area contributed by atoms with Crippen molar-refractivity contribution in [1.82, 2.24) is 20.6 Å². The summed E-state index contributed by atoms with van der Waals surface area (Å²) in [6.07, 6.45) is 2.96. The first-order chi connectivity index (χ1) is 7.65. The number of hydrogen-bond acceptors (Lipinski definition) is 4. The molecule has 16 heavy (non-hydrogen) atoms. The number of hydrogen-bond donors (Lipinski definition) is 2. The molecule has 0 aromatic carbocycles. The maximum atomic E-state index is 11.6. The van der Waals surface area contributed by atoms with Gasteiger partial charge < -0.3 is 10.6 Å². The fourth-order valence-corrected chi connectivity index (χ4v) is 1.57. The van der Waals surface area contributed by atoms with Crippen LogP contribution in [0.4, 0.5) is 0 Å². The van der Waals surface area contributed by atoms with E-state index in [9.17, 15) is 9.59 Å². The van der Waals surface area contributed by atoms with Crippen molar-refractivity contribution in [3.05, 3.63) is 23.2 Å². The summed E-state index contributed by atoms with van der Waals surface area (Å²) in [5.74, 6) is -0.445. The highest BCUT2D eigenvalue weighted by molar-refractivity contribution is 6.29. The van der Waals surface area contributed by atoms with Crippen LogP contribution >= 0.6 is 11.6 Å². The van der Waals surface area contributed by atoms with Gasteiger partial charge in [0.25, 0.3) is 5.91 Å². The van der Waals surface area contributed by atoms with Gasteiger partial charge in [-0.2, -0.15) is 0 Å². The molecular weight excluding hydrogens is 232 g/mol. The Morgan fingerprint density at radius 2 is 2.38 bits per heavy atom. The lowest BCUT2D eigenvalue weighted by molar-refractivity contribution is -0.119. The minimum Gasteiger partial charge on any atom is -0.354 e. The highest BCUT2D eigenvalue weighted by atomic mass is 35.5. The van der Waals surface area contributed by atoms with Crippen LogP contribution in [-0.4, -0.2) is 34.4 Å². The van der Waals surface area contributed by atoms with Gasteiger partial charge in [0, 0.05) is 13.0 Å². The van der Waals surface area contributed by atoms with Crippen molar-refractivity contribution in [2.45, 2.75) is 12.5 Å². The van der Waals surface area contributed by atoms with Crippen LogP contribution in [0, 0.1) is 0 Å². The Bertz CT molecular complexity index is 437. The fraction of sp³-hybridized carbons (Fsp3) is 0.333. The second-order valence-electron chi connectivity index (χ2n) is 3.41. The van der Waals surface area contributed by atoms with E-state index in [1.165, 1.54) is 12.4 Å². The Morgan fingerprint density at radius 1 is 1.56 bits per heavy atom. The molecule has 2 heterocycles. The number of amides is 2. The largest absolute Gasteiger partial charge is 0.354 e. The van der Waals surface area contributed by atoms with Crippen LogP contribution in [0.25, 0.3) is 0 Å². The number of carbonyl (C=O) groups is 2. The number of nitrogens with one attached hydrogen (secondary N) is 2. The van der Waals surface area contributed by atoms with E-state index in [0.717, 1.165) is 0 Å². The Labute approximate surface area is 96.4 Å². The molecule has 1 saturated heterocycles. The van der Waals surface area contributed by atoms with Crippen LogP contribution in [-0.2, 0) is 4.79 Å². The lowest BCUT2D eigenvalue weighted by Gasteiger charge is -2.09. The van der Waals surface area contributed by atoms with Gasteiger partial charge in [-0.3, -0.25) is 14.6 Å². The van der Waals surface area contributed by atoms with Gasteiger partial charge >= 0.3 is 0 Å². The number of rotatable bonds is 2. The Balaban J connectivity index is 2.00. The summed E-state index contributed by atoms with van der Waals surface area (Å²) >= 11 is 5.61. The van der Waals surface area contributed by atoms with E-state index in [-0.39, 0.29) is 28.7 Å². The van der Waals surface area contributed by atoms with E-state index in [1.54, 1.807) is 0 Å². The van der Waals surface area contributed by atoms with E-state index in [1.807, 2.05) is 0 Å². The second-order valence-corrected chi connectivity index (χ2v) is 3.79. The first-order valence-electron chi connectivity index (χ1n) is 4.70. The summed E-state index contributed by atoms with van der Waals surface area (Å²) < 4.78 is 0. The van der Waals surface area contributed by atoms with Crippen LogP contribution in [0.3, 0.4) is 0 Å². The van der Waals surface area contributed by atoms with Crippen LogP contribution < -0.4 is 10.6 Å². The zero-order chi connectivity index (χ0) is 11.5. The number of aromatic nitrogens is 2. The fourth-order valence-electron chi connectivity index (χ4n) is 1.42. The van der Waals surface area contributed by atoms with E-state index < -0.39 is 0 Å². The second kappa shape index (κ2) is 4.44. The molecule has 1 unspecified atom stereocenters. The first-order valence-corrected chi connectivity index (χ1v) is 5.08. The molecule has 7 heteroatoms. The Hall–Kier alpha value is -1.69. The smallest absolute Gasteiger partial charge is 0.271 e. The quantitative estimate of drug-likeness (QED) is 0.747. The van der Waals surface area contributed by atoms with Gasteiger partial charge in [0.05, 0.1) is 18.4 Å². The van der Waals surface area contributed by atoms with Crippen molar-refractivity contribution >= 4 is 23.4 Å². The summed E-state index contributed by atoms with van der Waals surface area (Å²) in [5, 5.41) is 5.45. The van der Waals surface area contributed by atoms with Crippen LogP contribution in [0.1, 0.15) is 16.9 Å². The van der Waals surface area contributed by atoms with Crippen molar-refractivity contribution < 1.29 is 9.59 Å². The molecule has 2 rings (SSSR count). The van der Waals surface area contributed by atoms with Gasteiger partial charge in [-0.15, -0.1) is 0 Å². The molecule has 84 valence electrons. The standard InChI is InChI=1S/C9H9ClN4O2/c10-7-4-11-3-6(14-7)9(16)13-5-1-8(15)12-2-5/h3-5H,1-2H2,(H,12,15)(H,13,16). The normalized spacial score (nSPS) is 19.3. The summed E-state index contributed by atoms with van der Waals surface area (Å²) in [4.78, 5) is 30.1. The summed E-state index contributed by atoms with van der Waals surface area (Å²) in [5.41, 5.74) is 0.145. The monoisotopic (exact) mass is 240 g/mol. The molecule has 2 N–H and O–H groups in total. The molecule has 2 amide bonds. The molecule has 0 bridgehead atoms. The zero-order valence-corrected chi connectivity index (χ0v) is 8.99. The molecule has 1 aromatic heterocycles. The van der Waals surface area contributed by atoms with E-state index >= 15 is 0 Å². The average molecular weight is 241 g/mol. The molecule has 1 aliphatic rings. The molecule has 0 saturated carbocycles. The van der Waals surface area contributed by atoms with E-state index in [4.69, 9.17) is 11.6 Å². The topological polar surface area (TPSA) is 84.0 Å². The lowest BCUT2D eigenvalue weighted by Crippen LogP contribution is -2.36. The Morgan fingerprint density at radius 3 is 3.00 bits per heavy atom. The van der Waals surface area contributed by atoms with E-state index in [0.29, 0.717) is 13.0 Å². The van der Waals surface area contributed by atoms with Crippen LogP contribution in [0.15, 0.2) is 12.4 Å². The molecule has 1 aliphatic heterocycles. The minimum absolute atomic E-state index is 0.0671. The number of halogens is 1. The zero-order valence-electron chi connectivity index (χ0n) is 8.24. The third-order valence-electron chi connectivity index (χ3n) is 2.15. The van der Waals surface area contributed by atoms with Crippen LogP contribution in [0.2, 0.25) is 5.15 Å². The highest BCUT2D eigenvalue weighted by Gasteiger charge is 2.23. The molecule has 1 atom stereocenters. The van der Waals surface area contributed by atoms with Gasteiger partial charge in [-0.1, -0.05) is 11.6 Å². The third-order valence-corrected chi connectivity index (χ3v) is 2.33. The van der Waals surface area contributed by atoms with Crippen molar-refractivity contribution in [3.63, 3.8) is 0 Å². The van der Waals surface area contributed by atoms with Crippen molar-refractivity contribution in [2.75, 3.05) is 6.54 Å². The predicted octanol–water partition coefficient (Wildman–Crippen LogP) is -0.252.